The van der Waals surface area contributed by atoms with E-state index in [1.807, 2.05) is 0 Å². The second kappa shape index (κ2) is 10.4. The highest BCUT2D eigenvalue weighted by Gasteiger charge is 2.25. The van der Waals surface area contributed by atoms with Crippen LogP contribution in [0.5, 0.6) is 0 Å². The number of fused-ring (bicyclic) bond motifs is 1. The SMILES string of the molecule is COC(=O)[C@H](Cc1ccc(-n2c(=O)c3ccccc3n(C)c2=O)cc1)NC(=O)c1c(Cl)cccc1Cl. The highest BCUT2D eigenvalue weighted by molar-refractivity contribution is 6.39. The minimum atomic E-state index is -1.03. The summed E-state index contributed by atoms with van der Waals surface area (Å²) in [5.41, 5.74) is 0.703. The summed E-state index contributed by atoms with van der Waals surface area (Å²) >= 11 is 12.2. The van der Waals surface area contributed by atoms with Crippen LogP contribution in [0.2, 0.25) is 10.0 Å². The Kier molecular flexibility index (Phi) is 7.28. The predicted octanol–water partition coefficient (Wildman–Crippen LogP) is 3.51. The Bertz CT molecular complexity index is 1570. The van der Waals surface area contributed by atoms with Gasteiger partial charge in [-0.1, -0.05) is 53.5 Å². The van der Waals surface area contributed by atoms with Gasteiger partial charge in [-0.25, -0.2) is 14.2 Å². The van der Waals surface area contributed by atoms with Crippen LogP contribution in [-0.4, -0.2) is 34.2 Å². The number of carbonyl (C=O) groups is 2. The third-order valence-corrected chi connectivity index (χ3v) is 6.42. The molecule has 0 aliphatic rings. The van der Waals surface area contributed by atoms with Crippen molar-refractivity contribution in [1.29, 1.82) is 0 Å². The van der Waals surface area contributed by atoms with Crippen LogP contribution in [-0.2, 0) is 23.0 Å². The zero-order valence-corrected chi connectivity index (χ0v) is 20.8. The monoisotopic (exact) mass is 525 g/mol. The molecule has 0 radical (unpaired) electrons. The molecule has 0 fully saturated rings. The molecule has 10 heteroatoms. The summed E-state index contributed by atoms with van der Waals surface area (Å²) in [7, 11) is 2.82. The number of halogens is 2. The van der Waals surface area contributed by atoms with Crippen LogP contribution in [0.4, 0.5) is 0 Å². The zero-order chi connectivity index (χ0) is 26.0. The maximum atomic E-state index is 13.0. The Morgan fingerprint density at radius 2 is 1.58 bits per heavy atom. The first-order valence-corrected chi connectivity index (χ1v) is 11.6. The maximum absolute atomic E-state index is 13.0. The third kappa shape index (κ3) is 4.78. The standard InChI is InChI=1S/C26H21Cl2N3O5/c1-30-21-9-4-3-6-17(21)24(33)31(26(30)35)16-12-10-15(11-13-16)14-20(25(34)36-2)29-23(32)22-18(27)7-5-8-19(22)28/h3-13,20H,14H2,1-2H3,(H,29,32)/t20-/m0/s1. The second-order valence-electron chi connectivity index (χ2n) is 8.02. The minimum Gasteiger partial charge on any atom is -0.467 e. The van der Waals surface area contributed by atoms with Crippen LogP contribution in [0.1, 0.15) is 15.9 Å². The van der Waals surface area contributed by atoms with Gasteiger partial charge in [-0.05, 0) is 42.0 Å². The summed E-state index contributed by atoms with van der Waals surface area (Å²) in [6, 6.07) is 17.0. The van der Waals surface area contributed by atoms with Crippen molar-refractivity contribution in [3.8, 4) is 5.69 Å². The number of hydrogen-bond acceptors (Lipinski definition) is 5. The number of aromatic nitrogens is 2. The normalized spacial score (nSPS) is 11.8. The molecule has 3 aromatic carbocycles. The lowest BCUT2D eigenvalue weighted by Gasteiger charge is -2.18. The van der Waals surface area contributed by atoms with Gasteiger partial charge in [0.1, 0.15) is 6.04 Å². The molecule has 0 unspecified atom stereocenters. The van der Waals surface area contributed by atoms with Crippen LogP contribution in [0.25, 0.3) is 16.6 Å². The van der Waals surface area contributed by atoms with E-state index in [1.54, 1.807) is 61.6 Å². The van der Waals surface area contributed by atoms with E-state index < -0.39 is 29.2 Å². The minimum absolute atomic E-state index is 0.0524. The Hall–Kier alpha value is -3.88. The van der Waals surface area contributed by atoms with Gasteiger partial charge in [0.25, 0.3) is 11.5 Å². The van der Waals surface area contributed by atoms with Crippen molar-refractivity contribution in [2.75, 3.05) is 7.11 Å². The molecule has 1 atom stereocenters. The van der Waals surface area contributed by atoms with Gasteiger partial charge in [0.2, 0.25) is 0 Å². The fraction of sp³-hybridized carbons (Fsp3) is 0.154. The first-order chi connectivity index (χ1) is 17.2. The number of nitrogens with one attached hydrogen (secondary N) is 1. The topological polar surface area (TPSA) is 99.4 Å². The Morgan fingerprint density at radius 1 is 0.944 bits per heavy atom. The fourth-order valence-corrected chi connectivity index (χ4v) is 4.50. The van der Waals surface area contributed by atoms with Gasteiger partial charge in [0.05, 0.1) is 39.3 Å². The van der Waals surface area contributed by atoms with E-state index in [0.717, 1.165) is 4.57 Å². The second-order valence-corrected chi connectivity index (χ2v) is 8.83. The van der Waals surface area contributed by atoms with E-state index in [1.165, 1.54) is 23.8 Å². The lowest BCUT2D eigenvalue weighted by atomic mass is 10.0. The number of methoxy groups -OCH3 is 1. The molecule has 0 bridgehead atoms. The van der Waals surface area contributed by atoms with E-state index >= 15 is 0 Å². The third-order valence-electron chi connectivity index (χ3n) is 5.79. The molecule has 0 aliphatic carbocycles. The van der Waals surface area contributed by atoms with Crippen molar-refractivity contribution >= 4 is 46.0 Å². The lowest BCUT2D eigenvalue weighted by Crippen LogP contribution is -2.43. The number of aryl methyl sites for hydroxylation is 1. The summed E-state index contributed by atoms with van der Waals surface area (Å²) in [6.45, 7) is 0. The molecule has 1 heterocycles. The average molecular weight is 526 g/mol. The Labute approximate surface area is 215 Å². The lowest BCUT2D eigenvalue weighted by molar-refractivity contribution is -0.142. The number of hydrogen-bond donors (Lipinski definition) is 1. The van der Waals surface area contributed by atoms with Crippen molar-refractivity contribution in [2.24, 2.45) is 7.05 Å². The van der Waals surface area contributed by atoms with Crippen molar-refractivity contribution in [2.45, 2.75) is 12.5 Å². The molecular weight excluding hydrogens is 505 g/mol. The number of rotatable bonds is 6. The van der Waals surface area contributed by atoms with Gasteiger partial charge in [-0.2, -0.15) is 0 Å². The van der Waals surface area contributed by atoms with Crippen LogP contribution >= 0.6 is 23.2 Å². The van der Waals surface area contributed by atoms with E-state index in [4.69, 9.17) is 27.9 Å². The molecule has 0 aliphatic heterocycles. The number of para-hydroxylation sites is 1. The summed E-state index contributed by atoms with van der Waals surface area (Å²) in [6.07, 6.45) is 0.0887. The summed E-state index contributed by atoms with van der Waals surface area (Å²) in [4.78, 5) is 51.1. The molecule has 184 valence electrons. The predicted molar refractivity (Wildman–Crippen MR) is 138 cm³/mol. The largest absolute Gasteiger partial charge is 0.467 e. The molecule has 1 aromatic heterocycles. The fourth-order valence-electron chi connectivity index (χ4n) is 3.93. The quantitative estimate of drug-likeness (QED) is 0.388. The van der Waals surface area contributed by atoms with E-state index in [9.17, 15) is 19.2 Å². The van der Waals surface area contributed by atoms with Crippen molar-refractivity contribution in [3.63, 3.8) is 0 Å². The molecule has 1 amide bonds. The maximum Gasteiger partial charge on any atom is 0.335 e. The van der Waals surface area contributed by atoms with Gasteiger partial charge < -0.3 is 10.1 Å². The highest BCUT2D eigenvalue weighted by Crippen LogP contribution is 2.24. The summed E-state index contributed by atoms with van der Waals surface area (Å²) in [5, 5.41) is 3.32. The molecule has 36 heavy (non-hydrogen) atoms. The number of carbonyl (C=O) groups excluding carboxylic acids is 2. The number of nitrogens with zero attached hydrogens (tertiary/aromatic N) is 2. The van der Waals surface area contributed by atoms with Crippen LogP contribution in [0.3, 0.4) is 0 Å². The molecule has 4 rings (SSSR count). The van der Waals surface area contributed by atoms with Crippen LogP contribution in [0, 0.1) is 0 Å². The van der Waals surface area contributed by atoms with Crippen LogP contribution < -0.4 is 16.6 Å². The molecule has 1 N–H and O–H groups in total. The van der Waals surface area contributed by atoms with Gasteiger partial charge in [-0.15, -0.1) is 0 Å². The number of benzene rings is 3. The highest BCUT2D eigenvalue weighted by atomic mass is 35.5. The Balaban J connectivity index is 1.63. The molecule has 8 nitrogen and oxygen atoms in total. The first kappa shape index (κ1) is 25.2. The van der Waals surface area contributed by atoms with Gasteiger partial charge >= 0.3 is 11.7 Å². The summed E-state index contributed by atoms with van der Waals surface area (Å²) < 4.78 is 7.35. The van der Waals surface area contributed by atoms with E-state index in [0.29, 0.717) is 22.2 Å². The average Bonchev–Trinajstić information content (AvgIpc) is 2.87. The van der Waals surface area contributed by atoms with Gasteiger partial charge in [0.15, 0.2) is 0 Å². The molecule has 0 saturated heterocycles. The van der Waals surface area contributed by atoms with Crippen LogP contribution in [0.15, 0.2) is 76.3 Å². The number of amides is 1. The van der Waals surface area contributed by atoms with E-state index in [-0.39, 0.29) is 22.0 Å². The Morgan fingerprint density at radius 3 is 2.22 bits per heavy atom. The van der Waals surface area contributed by atoms with Crippen molar-refractivity contribution in [1.82, 2.24) is 14.5 Å². The molecular formula is C26H21Cl2N3O5. The zero-order valence-electron chi connectivity index (χ0n) is 19.3. The molecule has 0 saturated carbocycles. The van der Waals surface area contributed by atoms with Crippen molar-refractivity contribution in [3.05, 3.63) is 109 Å². The van der Waals surface area contributed by atoms with Crippen molar-refractivity contribution < 1.29 is 14.3 Å². The van der Waals surface area contributed by atoms with E-state index in [2.05, 4.69) is 5.32 Å². The van der Waals surface area contributed by atoms with Gasteiger partial charge in [-0.3, -0.25) is 14.2 Å². The number of ether oxygens (including phenoxy) is 1. The first-order valence-electron chi connectivity index (χ1n) is 10.9. The smallest absolute Gasteiger partial charge is 0.335 e. The molecule has 4 aromatic rings. The number of esters is 1. The molecule has 0 spiro atoms. The van der Waals surface area contributed by atoms with Gasteiger partial charge in [0, 0.05) is 13.5 Å². The summed E-state index contributed by atoms with van der Waals surface area (Å²) in [5.74, 6) is -1.28.